The van der Waals surface area contributed by atoms with Gasteiger partial charge in [-0.15, -0.1) is 5.73 Å². The van der Waals surface area contributed by atoms with Crippen molar-refractivity contribution in [3.8, 4) is 22.8 Å². The van der Waals surface area contributed by atoms with Crippen LogP contribution in [0.3, 0.4) is 0 Å². The highest BCUT2D eigenvalue weighted by Gasteiger charge is 2.45. The number of nitrogens with two attached hydrogens (primary N) is 1. The zero-order chi connectivity index (χ0) is 35.9. The fraction of sp³-hybridized carbons (Fsp3) is 0.410. The monoisotopic (exact) mass is 667 g/mol. The smallest absolute Gasteiger partial charge is 0.397 e. The highest BCUT2D eigenvalue weighted by Crippen LogP contribution is 2.47. The van der Waals surface area contributed by atoms with Gasteiger partial charge in [0.05, 0.1) is 19.4 Å². The molecule has 1 unspecified atom stereocenters. The van der Waals surface area contributed by atoms with E-state index in [1.807, 2.05) is 47.6 Å². The lowest BCUT2D eigenvalue weighted by Crippen LogP contribution is -2.26. The Morgan fingerprint density at radius 3 is 2.27 bits per heavy atom. The standard InChI is InChI=1S/C30H26F4N2O2.C3H5N.3C2H6/c1-37-25-16-18(13-20-3-2-11-35-26(20)25)15-24(30(32,33)34)28-23(14-17-4-5-17)22-10-12-38-29(22)27(36-28)19-6-8-21(31)9-7-19;1-2-3-4;3*1-2/h2-3,6-9,11,13,16-17,24H,4-5,10,12,14-15H2,1H3;3H,1,4H2;3*1-2H3. The van der Waals surface area contributed by atoms with E-state index in [0.29, 0.717) is 70.2 Å². The number of nitrogens with zero attached hydrogens (tertiary/aromatic N) is 2. The number of alkyl halides is 3. The number of halogens is 4. The molecule has 0 saturated heterocycles. The Kier molecular flexibility index (Phi) is 16.1. The van der Waals surface area contributed by atoms with Gasteiger partial charge < -0.3 is 15.2 Å². The predicted molar refractivity (Wildman–Crippen MR) is 188 cm³/mol. The van der Waals surface area contributed by atoms with E-state index in [9.17, 15) is 17.6 Å². The topological polar surface area (TPSA) is 70.3 Å². The molecule has 5 nitrogen and oxygen atoms in total. The summed E-state index contributed by atoms with van der Waals surface area (Å²) >= 11 is 0. The van der Waals surface area contributed by atoms with E-state index >= 15 is 0 Å². The van der Waals surface area contributed by atoms with Crippen molar-refractivity contribution in [2.75, 3.05) is 13.7 Å². The van der Waals surface area contributed by atoms with Gasteiger partial charge in [-0.2, -0.15) is 13.2 Å². The summed E-state index contributed by atoms with van der Waals surface area (Å²) in [5, 5.41) is 0.711. The van der Waals surface area contributed by atoms with Crippen molar-refractivity contribution in [1.82, 2.24) is 9.97 Å². The maximum atomic E-state index is 14.9. The summed E-state index contributed by atoms with van der Waals surface area (Å²) in [5.41, 5.74) is 10.5. The Bertz CT molecular complexity index is 1630. The molecule has 9 heteroatoms. The van der Waals surface area contributed by atoms with Gasteiger partial charge in [-0.05, 0) is 85.2 Å². The SMILES string of the molecule is C=C=CN.CC.CC.CC.COc1cc(CC(c2nc(-c3ccc(F)cc3)c3c(c2CC2CC2)CCO3)C(F)(F)F)cc2cccnc12. The van der Waals surface area contributed by atoms with E-state index in [0.717, 1.165) is 18.4 Å². The Hall–Kier alpha value is -4.36. The fourth-order valence-corrected chi connectivity index (χ4v) is 5.37. The van der Waals surface area contributed by atoms with Crippen LogP contribution in [-0.4, -0.2) is 29.9 Å². The van der Waals surface area contributed by atoms with E-state index in [-0.39, 0.29) is 12.1 Å². The molecule has 1 aliphatic heterocycles. The molecule has 1 fully saturated rings. The van der Waals surface area contributed by atoms with Crippen molar-refractivity contribution in [3.05, 3.63) is 101 Å². The van der Waals surface area contributed by atoms with Crippen LogP contribution in [0.2, 0.25) is 0 Å². The van der Waals surface area contributed by atoms with Crippen LogP contribution in [0.25, 0.3) is 22.2 Å². The van der Waals surface area contributed by atoms with Crippen LogP contribution in [-0.2, 0) is 19.3 Å². The molecule has 6 rings (SSSR count). The minimum Gasteiger partial charge on any atom is -0.494 e. The van der Waals surface area contributed by atoms with Crippen molar-refractivity contribution in [2.24, 2.45) is 11.7 Å². The van der Waals surface area contributed by atoms with Gasteiger partial charge >= 0.3 is 6.18 Å². The summed E-state index contributed by atoms with van der Waals surface area (Å²) < 4.78 is 69.7. The maximum absolute atomic E-state index is 14.9. The first kappa shape index (κ1) is 39.8. The average Bonchev–Trinajstić information content (AvgIpc) is 3.81. The second-order valence-electron chi connectivity index (χ2n) is 10.4. The summed E-state index contributed by atoms with van der Waals surface area (Å²) in [6.07, 6.45) is 1.13. The molecule has 4 aromatic rings. The van der Waals surface area contributed by atoms with Crippen molar-refractivity contribution in [1.29, 1.82) is 0 Å². The van der Waals surface area contributed by atoms with Crippen molar-refractivity contribution >= 4 is 10.9 Å². The van der Waals surface area contributed by atoms with E-state index < -0.39 is 17.9 Å². The molecule has 1 aliphatic carbocycles. The number of pyridine rings is 2. The molecule has 2 aliphatic rings. The first-order chi connectivity index (χ1) is 23.2. The summed E-state index contributed by atoms with van der Waals surface area (Å²) in [6, 6.07) is 12.6. The number of fused-ring (bicyclic) bond motifs is 2. The quantitative estimate of drug-likeness (QED) is 0.157. The second kappa shape index (κ2) is 19.5. The molecular formula is C39H49F4N3O2. The van der Waals surface area contributed by atoms with Crippen molar-refractivity contribution in [3.63, 3.8) is 0 Å². The van der Waals surface area contributed by atoms with Gasteiger partial charge in [-0.1, -0.05) is 54.2 Å². The lowest BCUT2D eigenvalue weighted by atomic mass is 9.86. The van der Waals surface area contributed by atoms with E-state index in [1.165, 1.54) is 37.6 Å². The van der Waals surface area contributed by atoms with Gasteiger partial charge in [0, 0.05) is 35.3 Å². The number of hydrogen-bond donors (Lipinski definition) is 1. The van der Waals surface area contributed by atoms with Gasteiger partial charge in [-0.3, -0.25) is 4.98 Å². The van der Waals surface area contributed by atoms with Crippen LogP contribution in [0.4, 0.5) is 17.6 Å². The van der Waals surface area contributed by atoms with Gasteiger partial charge in [0.1, 0.15) is 34.4 Å². The van der Waals surface area contributed by atoms with Crippen LogP contribution in [0.1, 0.15) is 82.7 Å². The van der Waals surface area contributed by atoms with Crippen LogP contribution >= 0.6 is 0 Å². The molecule has 0 bridgehead atoms. The fourth-order valence-electron chi connectivity index (χ4n) is 5.37. The molecule has 0 spiro atoms. The Balaban J connectivity index is 0.000000724. The average molecular weight is 668 g/mol. The highest BCUT2D eigenvalue weighted by molar-refractivity contribution is 5.85. The third-order valence-electron chi connectivity index (χ3n) is 7.53. The summed E-state index contributed by atoms with van der Waals surface area (Å²) in [7, 11) is 1.49. The molecule has 0 radical (unpaired) electrons. The molecule has 2 N–H and O–H groups in total. The third-order valence-corrected chi connectivity index (χ3v) is 7.53. The molecule has 2 aromatic heterocycles. The lowest BCUT2D eigenvalue weighted by Gasteiger charge is -2.25. The number of rotatable bonds is 7. The number of benzene rings is 2. The Morgan fingerprint density at radius 1 is 1.06 bits per heavy atom. The molecule has 260 valence electrons. The minimum atomic E-state index is -4.55. The first-order valence-electron chi connectivity index (χ1n) is 16.7. The van der Waals surface area contributed by atoms with Gasteiger partial charge in [0.15, 0.2) is 0 Å². The van der Waals surface area contributed by atoms with Gasteiger partial charge in [-0.25, -0.2) is 9.37 Å². The predicted octanol–water partition coefficient (Wildman–Crippen LogP) is 10.5. The number of methoxy groups -OCH3 is 1. The molecule has 48 heavy (non-hydrogen) atoms. The molecule has 3 heterocycles. The zero-order valence-corrected chi connectivity index (χ0v) is 29.2. The van der Waals surface area contributed by atoms with Gasteiger partial charge in [0.2, 0.25) is 0 Å². The van der Waals surface area contributed by atoms with Crippen LogP contribution < -0.4 is 15.2 Å². The lowest BCUT2D eigenvalue weighted by molar-refractivity contribution is -0.151. The zero-order valence-electron chi connectivity index (χ0n) is 29.2. The Labute approximate surface area is 282 Å². The third kappa shape index (κ3) is 10.1. The highest BCUT2D eigenvalue weighted by atomic mass is 19.4. The van der Waals surface area contributed by atoms with Crippen LogP contribution in [0.15, 0.2) is 73.2 Å². The van der Waals surface area contributed by atoms with Crippen molar-refractivity contribution in [2.45, 2.75) is 85.7 Å². The number of hydrogen-bond acceptors (Lipinski definition) is 5. The second-order valence-corrected chi connectivity index (χ2v) is 10.4. The number of ether oxygens (including phenoxy) is 2. The molecular weight excluding hydrogens is 618 g/mol. The first-order valence-corrected chi connectivity index (χ1v) is 16.7. The van der Waals surface area contributed by atoms with Crippen LogP contribution in [0.5, 0.6) is 11.5 Å². The molecule has 1 atom stereocenters. The van der Waals surface area contributed by atoms with Gasteiger partial charge in [0.25, 0.3) is 0 Å². The summed E-state index contributed by atoms with van der Waals surface area (Å²) in [4.78, 5) is 9.01. The minimum absolute atomic E-state index is 0.0400. The summed E-state index contributed by atoms with van der Waals surface area (Å²) in [6.45, 7) is 15.6. The van der Waals surface area contributed by atoms with E-state index in [2.05, 4.69) is 22.3 Å². The molecule has 0 amide bonds. The summed E-state index contributed by atoms with van der Waals surface area (Å²) in [5.74, 6) is -0.947. The largest absolute Gasteiger partial charge is 0.494 e. The Morgan fingerprint density at radius 2 is 1.71 bits per heavy atom. The maximum Gasteiger partial charge on any atom is 0.397 e. The number of aromatic nitrogens is 2. The van der Waals surface area contributed by atoms with E-state index in [4.69, 9.17) is 15.2 Å². The van der Waals surface area contributed by atoms with Crippen LogP contribution in [0, 0.1) is 11.7 Å². The molecule has 1 saturated carbocycles. The molecule has 2 aromatic carbocycles. The normalized spacial score (nSPS) is 13.2. The van der Waals surface area contributed by atoms with Crippen molar-refractivity contribution < 1.29 is 27.0 Å². The van der Waals surface area contributed by atoms with E-state index in [1.54, 1.807) is 24.4 Å².